The molecule has 1 aliphatic rings. The van der Waals surface area contributed by atoms with E-state index < -0.39 is 0 Å². The van der Waals surface area contributed by atoms with E-state index in [0.717, 1.165) is 25.8 Å². The zero-order valence-corrected chi connectivity index (χ0v) is 13.0. The summed E-state index contributed by atoms with van der Waals surface area (Å²) < 4.78 is 0. The number of amides is 1. The first kappa shape index (κ1) is 15.0. The van der Waals surface area contributed by atoms with Crippen molar-refractivity contribution in [3.8, 4) is 0 Å². The monoisotopic (exact) mass is 303 g/mol. The van der Waals surface area contributed by atoms with Gasteiger partial charge in [-0.1, -0.05) is 56.0 Å². The molecule has 1 rings (SSSR count). The molecular weight excluding hydrogens is 278 g/mol. The smallest absolute Gasteiger partial charge is 0.223 e. The second-order valence-electron chi connectivity index (χ2n) is 6.44. The van der Waals surface area contributed by atoms with Gasteiger partial charge in [0, 0.05) is 17.3 Å². The Kier molecular flexibility index (Phi) is 5.98. The number of rotatable bonds is 4. The van der Waals surface area contributed by atoms with Crippen LogP contribution >= 0.6 is 15.9 Å². The van der Waals surface area contributed by atoms with Crippen LogP contribution in [-0.4, -0.2) is 17.3 Å². The van der Waals surface area contributed by atoms with E-state index in [1.165, 1.54) is 19.3 Å². The highest BCUT2D eigenvalue weighted by Gasteiger charge is 2.22. The Morgan fingerprint density at radius 1 is 1.29 bits per heavy atom. The second-order valence-corrected chi connectivity index (χ2v) is 7.74. The van der Waals surface area contributed by atoms with Crippen molar-refractivity contribution in [1.29, 1.82) is 0 Å². The van der Waals surface area contributed by atoms with Crippen LogP contribution in [0.4, 0.5) is 0 Å². The number of nitrogens with one attached hydrogen (secondary N) is 1. The molecule has 0 saturated heterocycles. The standard InChI is InChI=1S/C14H26BrNO/c1-14(2,3)9-12(15)10-16-13(17)11-7-5-4-6-8-11/h11-12H,4-10H2,1-3H3,(H,16,17). The average molecular weight is 304 g/mol. The third kappa shape index (κ3) is 6.44. The van der Waals surface area contributed by atoms with E-state index >= 15 is 0 Å². The van der Waals surface area contributed by atoms with Gasteiger partial charge in [0.1, 0.15) is 0 Å². The quantitative estimate of drug-likeness (QED) is 0.785. The van der Waals surface area contributed by atoms with E-state index in [1.54, 1.807) is 0 Å². The first-order valence-electron chi connectivity index (χ1n) is 6.80. The van der Waals surface area contributed by atoms with Gasteiger partial charge in [0.2, 0.25) is 5.91 Å². The molecule has 100 valence electrons. The molecule has 3 heteroatoms. The Balaban J connectivity index is 2.22. The molecule has 0 radical (unpaired) electrons. The number of halogens is 1. The number of carbonyl (C=O) groups excluding carboxylic acids is 1. The summed E-state index contributed by atoms with van der Waals surface area (Å²) in [6, 6.07) is 0. The molecule has 17 heavy (non-hydrogen) atoms. The van der Waals surface area contributed by atoms with E-state index in [-0.39, 0.29) is 11.8 Å². The Hall–Kier alpha value is -0.0500. The van der Waals surface area contributed by atoms with Gasteiger partial charge < -0.3 is 5.32 Å². The fraction of sp³-hybridized carbons (Fsp3) is 0.929. The summed E-state index contributed by atoms with van der Waals surface area (Å²) in [6.07, 6.45) is 6.98. The van der Waals surface area contributed by atoms with Gasteiger partial charge in [0.25, 0.3) is 0 Å². The first-order valence-corrected chi connectivity index (χ1v) is 7.72. The molecule has 0 aromatic heterocycles. The molecule has 1 fully saturated rings. The third-order valence-electron chi connectivity index (χ3n) is 3.31. The van der Waals surface area contributed by atoms with Crippen molar-refractivity contribution in [2.75, 3.05) is 6.54 Å². The minimum absolute atomic E-state index is 0.267. The van der Waals surface area contributed by atoms with Crippen molar-refractivity contribution in [1.82, 2.24) is 5.32 Å². The summed E-state index contributed by atoms with van der Waals surface area (Å²) in [5.41, 5.74) is 0.309. The Morgan fingerprint density at radius 2 is 1.88 bits per heavy atom. The van der Waals surface area contributed by atoms with Crippen LogP contribution in [0.1, 0.15) is 59.3 Å². The van der Waals surface area contributed by atoms with Gasteiger partial charge in [0.15, 0.2) is 0 Å². The van der Waals surface area contributed by atoms with E-state index in [9.17, 15) is 4.79 Å². The highest BCUT2D eigenvalue weighted by molar-refractivity contribution is 9.09. The lowest BCUT2D eigenvalue weighted by Gasteiger charge is -2.24. The molecule has 1 atom stereocenters. The van der Waals surface area contributed by atoms with Crippen molar-refractivity contribution in [2.24, 2.45) is 11.3 Å². The molecule has 1 saturated carbocycles. The lowest BCUT2D eigenvalue weighted by atomic mass is 9.88. The summed E-state index contributed by atoms with van der Waals surface area (Å²) in [5.74, 6) is 0.543. The predicted molar refractivity (Wildman–Crippen MR) is 76.4 cm³/mol. The topological polar surface area (TPSA) is 29.1 Å². The lowest BCUT2D eigenvalue weighted by molar-refractivity contribution is -0.125. The van der Waals surface area contributed by atoms with Crippen LogP contribution in [0.15, 0.2) is 0 Å². The lowest BCUT2D eigenvalue weighted by Crippen LogP contribution is -2.36. The summed E-state index contributed by atoms with van der Waals surface area (Å²) >= 11 is 3.65. The van der Waals surface area contributed by atoms with Gasteiger partial charge in [-0.05, 0) is 24.7 Å². The maximum Gasteiger partial charge on any atom is 0.223 e. The molecule has 2 nitrogen and oxygen atoms in total. The SMILES string of the molecule is CC(C)(C)CC(Br)CNC(=O)C1CCCCC1. The van der Waals surface area contributed by atoms with E-state index in [1.807, 2.05) is 0 Å². The van der Waals surface area contributed by atoms with Crippen LogP contribution in [0, 0.1) is 11.3 Å². The van der Waals surface area contributed by atoms with Crippen LogP contribution in [-0.2, 0) is 4.79 Å². The highest BCUT2D eigenvalue weighted by Crippen LogP contribution is 2.25. The summed E-state index contributed by atoms with van der Waals surface area (Å²) in [6.45, 7) is 7.44. The molecule has 0 aromatic carbocycles. The van der Waals surface area contributed by atoms with Crippen LogP contribution in [0.5, 0.6) is 0 Å². The van der Waals surface area contributed by atoms with Crippen molar-refractivity contribution < 1.29 is 4.79 Å². The molecule has 1 unspecified atom stereocenters. The minimum Gasteiger partial charge on any atom is -0.355 e. The van der Waals surface area contributed by atoms with Crippen molar-refractivity contribution in [3.63, 3.8) is 0 Å². The van der Waals surface area contributed by atoms with Gasteiger partial charge >= 0.3 is 0 Å². The van der Waals surface area contributed by atoms with Gasteiger partial charge in [-0.15, -0.1) is 0 Å². The molecule has 1 aliphatic carbocycles. The molecule has 1 N–H and O–H groups in total. The molecular formula is C14H26BrNO. The maximum atomic E-state index is 11.9. The number of hydrogen-bond acceptors (Lipinski definition) is 1. The summed E-state index contributed by atoms with van der Waals surface area (Å²) in [5, 5.41) is 3.09. The maximum absolute atomic E-state index is 11.9. The van der Waals surface area contributed by atoms with Gasteiger partial charge in [-0.2, -0.15) is 0 Å². The molecule has 0 heterocycles. The Morgan fingerprint density at radius 3 is 2.41 bits per heavy atom. The first-order chi connectivity index (χ1) is 7.88. The fourth-order valence-corrected chi connectivity index (χ4v) is 3.59. The summed E-state index contributed by atoms with van der Waals surface area (Å²) in [7, 11) is 0. The van der Waals surface area contributed by atoms with E-state index in [4.69, 9.17) is 0 Å². The molecule has 1 amide bonds. The zero-order chi connectivity index (χ0) is 12.9. The fourth-order valence-electron chi connectivity index (χ4n) is 2.46. The Bertz CT molecular complexity index is 241. The normalized spacial score (nSPS) is 20.0. The molecule has 0 aliphatic heterocycles. The predicted octanol–water partition coefficient (Wildman–Crippen LogP) is 3.88. The van der Waals surface area contributed by atoms with Crippen molar-refractivity contribution in [2.45, 2.75) is 64.1 Å². The van der Waals surface area contributed by atoms with E-state index in [0.29, 0.717) is 10.2 Å². The van der Waals surface area contributed by atoms with Crippen molar-refractivity contribution >= 4 is 21.8 Å². The summed E-state index contributed by atoms with van der Waals surface area (Å²) in [4.78, 5) is 12.3. The zero-order valence-electron chi connectivity index (χ0n) is 11.4. The Labute approximate surface area is 114 Å². The van der Waals surface area contributed by atoms with E-state index in [2.05, 4.69) is 42.0 Å². The van der Waals surface area contributed by atoms with Gasteiger partial charge in [-0.25, -0.2) is 0 Å². The second kappa shape index (κ2) is 6.77. The van der Waals surface area contributed by atoms with Crippen LogP contribution in [0.25, 0.3) is 0 Å². The van der Waals surface area contributed by atoms with Gasteiger partial charge in [0.05, 0.1) is 0 Å². The highest BCUT2D eigenvalue weighted by atomic mass is 79.9. The van der Waals surface area contributed by atoms with Crippen LogP contribution < -0.4 is 5.32 Å². The molecule has 0 bridgehead atoms. The van der Waals surface area contributed by atoms with Crippen LogP contribution in [0.3, 0.4) is 0 Å². The molecule has 0 aromatic rings. The third-order valence-corrected chi connectivity index (χ3v) is 3.96. The number of hydrogen-bond donors (Lipinski definition) is 1. The van der Waals surface area contributed by atoms with Gasteiger partial charge in [-0.3, -0.25) is 4.79 Å². The number of carbonyl (C=O) groups is 1. The minimum atomic E-state index is 0.267. The largest absolute Gasteiger partial charge is 0.355 e. The number of alkyl halides is 1. The molecule has 0 spiro atoms. The average Bonchev–Trinajstić information content (AvgIpc) is 2.25. The van der Waals surface area contributed by atoms with Crippen molar-refractivity contribution in [3.05, 3.63) is 0 Å². The van der Waals surface area contributed by atoms with Crippen LogP contribution in [0.2, 0.25) is 0 Å².